The van der Waals surface area contributed by atoms with Gasteiger partial charge >= 0.3 is 0 Å². The molecule has 2 aromatic carbocycles. The lowest BCUT2D eigenvalue weighted by molar-refractivity contribution is -0.119. The Hall–Kier alpha value is -2.38. The maximum Gasteiger partial charge on any atom is 0.243 e. The van der Waals surface area contributed by atoms with Crippen molar-refractivity contribution in [3.05, 3.63) is 54.1 Å². The molecule has 0 spiro atoms. The van der Waals surface area contributed by atoms with Gasteiger partial charge in [-0.25, -0.2) is 8.42 Å². The molecule has 1 atom stereocenters. The maximum atomic E-state index is 12.9. The summed E-state index contributed by atoms with van der Waals surface area (Å²) in [5, 5.41) is 2.80. The molecular formula is C19H22N2O4S. The van der Waals surface area contributed by atoms with Crippen molar-refractivity contribution in [2.75, 3.05) is 19.0 Å². The Balaban J connectivity index is 1.80. The first-order valence-electron chi connectivity index (χ1n) is 8.45. The van der Waals surface area contributed by atoms with Crippen LogP contribution in [-0.4, -0.2) is 38.3 Å². The zero-order valence-electron chi connectivity index (χ0n) is 14.8. The van der Waals surface area contributed by atoms with Gasteiger partial charge in [-0.05, 0) is 44.0 Å². The van der Waals surface area contributed by atoms with Gasteiger partial charge < -0.3 is 10.1 Å². The van der Waals surface area contributed by atoms with Gasteiger partial charge in [0.25, 0.3) is 0 Å². The number of methoxy groups -OCH3 is 1. The van der Waals surface area contributed by atoms with Crippen molar-refractivity contribution in [3.63, 3.8) is 0 Å². The van der Waals surface area contributed by atoms with E-state index in [9.17, 15) is 13.2 Å². The summed E-state index contributed by atoms with van der Waals surface area (Å²) in [5.74, 6) is 0.296. The van der Waals surface area contributed by atoms with E-state index in [1.54, 1.807) is 55.6 Å². The molecule has 1 aliphatic rings. The fraction of sp³-hybridized carbons (Fsp3) is 0.316. The second-order valence-electron chi connectivity index (χ2n) is 6.31. The maximum absolute atomic E-state index is 12.9. The number of nitrogens with zero attached hydrogens (tertiary/aromatic N) is 1. The number of benzene rings is 2. The Morgan fingerprint density at radius 2 is 1.92 bits per heavy atom. The number of hydrogen-bond acceptors (Lipinski definition) is 4. The highest BCUT2D eigenvalue weighted by atomic mass is 32.2. The molecule has 1 aliphatic heterocycles. The van der Waals surface area contributed by atoms with Crippen LogP contribution in [0.25, 0.3) is 0 Å². The third-order valence-corrected chi connectivity index (χ3v) is 6.39. The Bertz CT molecular complexity index is 894. The molecule has 0 unspecified atom stereocenters. The van der Waals surface area contributed by atoms with Gasteiger partial charge in [0.1, 0.15) is 11.8 Å². The number of rotatable bonds is 5. The van der Waals surface area contributed by atoms with E-state index in [0.717, 1.165) is 5.56 Å². The summed E-state index contributed by atoms with van der Waals surface area (Å²) in [6.07, 6.45) is 1.15. The predicted octanol–water partition coefficient (Wildman–Crippen LogP) is 2.80. The Morgan fingerprint density at radius 3 is 2.62 bits per heavy atom. The Kier molecular flexibility index (Phi) is 5.29. The fourth-order valence-corrected chi connectivity index (χ4v) is 4.72. The average molecular weight is 374 g/mol. The van der Waals surface area contributed by atoms with Gasteiger partial charge in [0, 0.05) is 18.3 Å². The minimum atomic E-state index is -3.71. The average Bonchev–Trinajstić information content (AvgIpc) is 3.13. The largest absolute Gasteiger partial charge is 0.497 e. The summed E-state index contributed by atoms with van der Waals surface area (Å²) in [5.41, 5.74) is 1.56. The summed E-state index contributed by atoms with van der Waals surface area (Å²) < 4.78 is 32.3. The molecule has 26 heavy (non-hydrogen) atoms. The van der Waals surface area contributed by atoms with Crippen LogP contribution < -0.4 is 10.1 Å². The predicted molar refractivity (Wildman–Crippen MR) is 99.7 cm³/mol. The molecule has 1 N–H and O–H groups in total. The summed E-state index contributed by atoms with van der Waals surface area (Å²) in [6, 6.07) is 13.0. The van der Waals surface area contributed by atoms with Gasteiger partial charge in [-0.3, -0.25) is 4.79 Å². The van der Waals surface area contributed by atoms with Gasteiger partial charge in [-0.15, -0.1) is 0 Å². The van der Waals surface area contributed by atoms with E-state index >= 15 is 0 Å². The van der Waals surface area contributed by atoms with Crippen LogP contribution in [0, 0.1) is 6.92 Å². The quantitative estimate of drug-likeness (QED) is 0.873. The fourth-order valence-electron chi connectivity index (χ4n) is 3.06. The number of sulfonamides is 1. The van der Waals surface area contributed by atoms with Gasteiger partial charge in [0.2, 0.25) is 15.9 Å². The molecule has 3 rings (SSSR count). The van der Waals surface area contributed by atoms with Crippen molar-refractivity contribution in [1.29, 1.82) is 0 Å². The van der Waals surface area contributed by atoms with Crippen molar-refractivity contribution < 1.29 is 17.9 Å². The molecule has 0 radical (unpaired) electrons. The number of carbonyl (C=O) groups is 1. The van der Waals surface area contributed by atoms with Crippen molar-refractivity contribution in [3.8, 4) is 5.75 Å². The number of aryl methyl sites for hydroxylation is 1. The first-order valence-corrected chi connectivity index (χ1v) is 9.89. The molecule has 1 amide bonds. The van der Waals surface area contributed by atoms with E-state index in [1.165, 1.54) is 4.31 Å². The summed E-state index contributed by atoms with van der Waals surface area (Å²) in [7, 11) is -2.16. The normalized spacial score (nSPS) is 17.8. The molecule has 1 heterocycles. The molecule has 1 fully saturated rings. The molecule has 138 valence electrons. The van der Waals surface area contributed by atoms with Crippen LogP contribution in [0.15, 0.2) is 53.4 Å². The number of ether oxygens (including phenoxy) is 1. The lowest BCUT2D eigenvalue weighted by atomic mass is 10.2. The van der Waals surface area contributed by atoms with Crippen LogP contribution >= 0.6 is 0 Å². The van der Waals surface area contributed by atoms with E-state index in [-0.39, 0.29) is 10.8 Å². The first kappa shape index (κ1) is 18.4. The van der Waals surface area contributed by atoms with Gasteiger partial charge in [0.15, 0.2) is 0 Å². The number of carbonyl (C=O) groups excluding carboxylic acids is 1. The Labute approximate surface area is 153 Å². The smallest absolute Gasteiger partial charge is 0.243 e. The molecule has 6 nitrogen and oxygen atoms in total. The summed E-state index contributed by atoms with van der Waals surface area (Å²) in [4.78, 5) is 12.9. The monoisotopic (exact) mass is 374 g/mol. The highest BCUT2D eigenvalue weighted by molar-refractivity contribution is 7.89. The van der Waals surface area contributed by atoms with Crippen molar-refractivity contribution in [2.45, 2.75) is 30.7 Å². The van der Waals surface area contributed by atoms with E-state index in [4.69, 9.17) is 4.74 Å². The zero-order valence-corrected chi connectivity index (χ0v) is 15.6. The molecule has 7 heteroatoms. The topological polar surface area (TPSA) is 75.7 Å². The molecule has 0 bridgehead atoms. The van der Waals surface area contributed by atoms with E-state index < -0.39 is 16.1 Å². The Morgan fingerprint density at radius 1 is 1.19 bits per heavy atom. The molecule has 0 aromatic heterocycles. The zero-order chi connectivity index (χ0) is 18.7. The van der Waals surface area contributed by atoms with Crippen LogP contribution in [0.4, 0.5) is 5.69 Å². The second-order valence-corrected chi connectivity index (χ2v) is 8.20. The van der Waals surface area contributed by atoms with Crippen molar-refractivity contribution in [1.82, 2.24) is 4.31 Å². The summed E-state index contributed by atoms with van der Waals surface area (Å²) in [6.45, 7) is 2.24. The highest BCUT2D eigenvalue weighted by Crippen LogP contribution is 2.27. The molecule has 0 aliphatic carbocycles. The number of amides is 1. The number of nitrogens with one attached hydrogen (secondary N) is 1. The molecular weight excluding hydrogens is 352 g/mol. The highest BCUT2D eigenvalue weighted by Gasteiger charge is 2.39. The van der Waals surface area contributed by atoms with Gasteiger partial charge in [-0.2, -0.15) is 4.31 Å². The first-order chi connectivity index (χ1) is 12.4. The van der Waals surface area contributed by atoms with E-state index in [2.05, 4.69) is 5.32 Å². The number of anilines is 1. The van der Waals surface area contributed by atoms with Crippen LogP contribution in [0.5, 0.6) is 5.75 Å². The minimum Gasteiger partial charge on any atom is -0.497 e. The van der Waals surface area contributed by atoms with Crippen LogP contribution in [-0.2, 0) is 14.8 Å². The lowest BCUT2D eigenvalue weighted by Crippen LogP contribution is -2.43. The lowest BCUT2D eigenvalue weighted by Gasteiger charge is -2.23. The van der Waals surface area contributed by atoms with Crippen LogP contribution in [0.1, 0.15) is 18.4 Å². The van der Waals surface area contributed by atoms with Crippen molar-refractivity contribution >= 4 is 21.6 Å². The third kappa shape index (κ3) is 3.73. The third-order valence-electron chi connectivity index (χ3n) is 4.47. The van der Waals surface area contributed by atoms with Crippen molar-refractivity contribution in [2.24, 2.45) is 0 Å². The van der Waals surface area contributed by atoms with Crippen LogP contribution in [0.2, 0.25) is 0 Å². The van der Waals surface area contributed by atoms with E-state index in [0.29, 0.717) is 30.8 Å². The van der Waals surface area contributed by atoms with Gasteiger partial charge in [-0.1, -0.05) is 23.8 Å². The summed E-state index contributed by atoms with van der Waals surface area (Å²) >= 11 is 0. The molecule has 1 saturated heterocycles. The SMILES string of the molecule is COc1cccc(NC(=O)[C@@H]2CCCN2S(=O)(=O)c2ccc(C)cc2)c1. The number of hydrogen-bond donors (Lipinski definition) is 1. The second kappa shape index (κ2) is 7.47. The van der Waals surface area contributed by atoms with Crippen LogP contribution in [0.3, 0.4) is 0 Å². The van der Waals surface area contributed by atoms with E-state index in [1.807, 2.05) is 6.92 Å². The standard InChI is InChI=1S/C19H22N2O4S/c1-14-8-10-17(11-9-14)26(23,24)21-12-4-7-18(21)19(22)20-15-5-3-6-16(13-15)25-2/h3,5-6,8-11,13,18H,4,7,12H2,1-2H3,(H,20,22)/t18-/m0/s1. The minimum absolute atomic E-state index is 0.212. The molecule has 0 saturated carbocycles. The molecule has 2 aromatic rings. The van der Waals surface area contributed by atoms with Gasteiger partial charge in [0.05, 0.1) is 12.0 Å².